The maximum absolute atomic E-state index is 10.9. The molecule has 0 heterocycles. The Morgan fingerprint density at radius 1 is 1.93 bits per heavy atom. The number of nitrogens with one attached hydrogen (secondary N) is 1. The summed E-state index contributed by atoms with van der Waals surface area (Å²) in [7, 11) is 0. The monoisotopic (exact) mass is 239 g/mol. The molecule has 0 aromatic heterocycles. The fourth-order valence-corrected chi connectivity index (χ4v) is 1.30. The van der Waals surface area contributed by atoms with Crippen molar-refractivity contribution < 1.29 is 28.0 Å². The van der Waals surface area contributed by atoms with Gasteiger partial charge in [0.25, 0.3) is 0 Å². The van der Waals surface area contributed by atoms with E-state index in [0.29, 0.717) is 0 Å². The van der Waals surface area contributed by atoms with Crippen LogP contribution in [0.25, 0.3) is 0 Å². The number of carbonyl (C=O) groups is 2. The fourth-order valence-electron chi connectivity index (χ4n) is 0.639. The van der Waals surface area contributed by atoms with Gasteiger partial charge in [-0.2, -0.15) is 11.8 Å². The summed E-state index contributed by atoms with van der Waals surface area (Å²) in [4.78, 5) is 21.7. The van der Waals surface area contributed by atoms with Gasteiger partial charge in [-0.3, -0.25) is 4.79 Å². The Hall–Kier alpha value is -1.01. The molecular weight excluding hydrogens is 218 g/mol. The zero-order valence-electron chi connectivity index (χ0n) is 13.9. The standard InChI is InChI=1S/C9H15NO4S/c1-3-7(12)4-15-5-8(9(13)14)10-6(2)11/h3,7-8,12H,1,4-5H2,2H3,(H,10,11)(H,13,14)/t7?,8-/m0/s1/i1D2,3D,4D2,7D. The van der Waals surface area contributed by atoms with E-state index < -0.39 is 48.0 Å². The van der Waals surface area contributed by atoms with Gasteiger partial charge in [-0.1, -0.05) is 6.05 Å². The van der Waals surface area contributed by atoms with Crippen molar-refractivity contribution in [1.82, 2.24) is 5.32 Å². The smallest absolute Gasteiger partial charge is 0.327 e. The molecule has 5 nitrogen and oxygen atoms in total. The van der Waals surface area contributed by atoms with Gasteiger partial charge < -0.3 is 15.5 Å². The molecular formula is C9H15NO4S. The van der Waals surface area contributed by atoms with Crippen LogP contribution < -0.4 is 5.32 Å². The van der Waals surface area contributed by atoms with Gasteiger partial charge >= 0.3 is 5.97 Å². The predicted molar refractivity (Wildman–Crippen MR) is 58.8 cm³/mol. The SMILES string of the molecule is [2H]C([2H])=C([2H])C([2H])(O)C([2H])([2H])SC[C@H](NC(C)=O)C(=O)O. The van der Waals surface area contributed by atoms with Crippen LogP contribution in [0.2, 0.25) is 0 Å². The second kappa shape index (κ2) is 7.30. The Bertz CT molecular complexity index is 452. The molecule has 86 valence electrons. The predicted octanol–water partition coefficient (Wildman–Crippen LogP) is -0.144. The second-order valence-corrected chi connectivity index (χ2v) is 3.30. The van der Waals surface area contributed by atoms with E-state index in [2.05, 4.69) is 5.32 Å². The Morgan fingerprint density at radius 3 is 3.07 bits per heavy atom. The van der Waals surface area contributed by atoms with E-state index in [9.17, 15) is 14.7 Å². The van der Waals surface area contributed by atoms with Crippen molar-refractivity contribution in [3.63, 3.8) is 0 Å². The molecule has 0 fully saturated rings. The molecule has 0 bridgehead atoms. The lowest BCUT2D eigenvalue weighted by molar-refractivity contribution is -0.140. The van der Waals surface area contributed by atoms with Gasteiger partial charge in [0.15, 0.2) is 0 Å². The van der Waals surface area contributed by atoms with Gasteiger partial charge in [0.2, 0.25) is 5.91 Å². The molecule has 0 aromatic rings. The summed E-state index contributed by atoms with van der Waals surface area (Å²) in [6, 6.07) is -2.70. The molecule has 0 spiro atoms. The van der Waals surface area contributed by atoms with Gasteiger partial charge in [0, 0.05) is 21.1 Å². The van der Waals surface area contributed by atoms with Crippen LogP contribution in [-0.2, 0) is 9.59 Å². The number of rotatable bonds is 7. The van der Waals surface area contributed by atoms with Gasteiger partial charge in [0.05, 0.1) is 11.6 Å². The number of hydrogen-bond acceptors (Lipinski definition) is 4. The summed E-state index contributed by atoms with van der Waals surface area (Å²) in [6.45, 7) is -0.152. The number of hydrogen-bond donors (Lipinski definition) is 3. The van der Waals surface area contributed by atoms with Crippen molar-refractivity contribution >= 4 is 23.6 Å². The van der Waals surface area contributed by atoms with Crippen LogP contribution in [-0.4, -0.2) is 45.7 Å². The zero-order valence-corrected chi connectivity index (χ0v) is 8.72. The molecule has 0 aliphatic carbocycles. The molecule has 0 rings (SSSR count). The summed E-state index contributed by atoms with van der Waals surface area (Å²) < 4.78 is 43.4. The molecule has 3 N–H and O–H groups in total. The molecule has 0 saturated heterocycles. The highest BCUT2D eigenvalue weighted by atomic mass is 32.2. The summed E-state index contributed by atoms with van der Waals surface area (Å²) in [5.74, 6) is -2.59. The van der Waals surface area contributed by atoms with E-state index in [4.69, 9.17) is 13.3 Å². The first kappa shape index (κ1) is 6.55. The van der Waals surface area contributed by atoms with Crippen molar-refractivity contribution in [3.8, 4) is 0 Å². The Morgan fingerprint density at radius 2 is 2.60 bits per heavy atom. The van der Waals surface area contributed by atoms with Crippen molar-refractivity contribution in [2.75, 3.05) is 11.5 Å². The van der Waals surface area contributed by atoms with Crippen LogP contribution in [0.4, 0.5) is 0 Å². The Balaban J connectivity index is 5.08. The third-order valence-electron chi connectivity index (χ3n) is 1.21. The molecule has 1 unspecified atom stereocenters. The largest absolute Gasteiger partial charge is 0.480 e. The van der Waals surface area contributed by atoms with E-state index >= 15 is 0 Å². The van der Waals surface area contributed by atoms with Crippen LogP contribution in [0.5, 0.6) is 0 Å². The quantitative estimate of drug-likeness (QED) is 0.538. The first-order valence-electron chi connectivity index (χ1n) is 6.83. The summed E-state index contributed by atoms with van der Waals surface area (Å²) >= 11 is 0.189. The highest BCUT2D eigenvalue weighted by molar-refractivity contribution is 7.99. The minimum Gasteiger partial charge on any atom is -0.480 e. The van der Waals surface area contributed by atoms with Gasteiger partial charge in [-0.25, -0.2) is 4.79 Å². The Kier molecular flexibility index (Phi) is 3.19. The van der Waals surface area contributed by atoms with E-state index in [-0.39, 0.29) is 11.8 Å². The third kappa shape index (κ3) is 6.98. The average Bonchev–Trinajstić information content (AvgIpc) is 2.32. The average molecular weight is 239 g/mol. The lowest BCUT2D eigenvalue weighted by atomic mass is 10.3. The molecule has 15 heavy (non-hydrogen) atoms. The van der Waals surface area contributed by atoms with E-state index in [1.807, 2.05) is 0 Å². The number of aliphatic carboxylic acids is 1. The molecule has 1 amide bonds. The molecule has 0 aliphatic rings. The van der Waals surface area contributed by atoms with Crippen LogP contribution in [0, 0.1) is 0 Å². The van der Waals surface area contributed by atoms with E-state index in [0.717, 1.165) is 6.92 Å². The molecule has 6 heteroatoms. The number of carboxylic acid groups (broad SMARTS) is 1. The van der Waals surface area contributed by atoms with Gasteiger partial charge in [0.1, 0.15) is 6.04 Å². The summed E-state index contributed by atoms with van der Waals surface area (Å²) in [6.07, 6.45) is -3.20. The highest BCUT2D eigenvalue weighted by Gasteiger charge is 2.18. The molecule has 0 saturated carbocycles. The maximum atomic E-state index is 10.9. The number of carbonyl (C=O) groups excluding carboxylic acids is 1. The Labute approximate surface area is 101 Å². The van der Waals surface area contributed by atoms with Crippen molar-refractivity contribution in [1.29, 1.82) is 0 Å². The molecule has 2 atom stereocenters. The van der Waals surface area contributed by atoms with Crippen LogP contribution >= 0.6 is 11.8 Å². The molecule has 0 radical (unpaired) electrons. The highest BCUT2D eigenvalue weighted by Crippen LogP contribution is 2.06. The lowest BCUT2D eigenvalue weighted by Gasteiger charge is -2.13. The van der Waals surface area contributed by atoms with Gasteiger partial charge in [-0.05, 0) is 0 Å². The molecule has 0 aromatic carbocycles. The summed E-state index contributed by atoms with van der Waals surface area (Å²) in [5.41, 5.74) is -2.86. The third-order valence-corrected chi connectivity index (χ3v) is 2.05. The van der Waals surface area contributed by atoms with Crippen molar-refractivity contribution in [3.05, 3.63) is 12.6 Å². The van der Waals surface area contributed by atoms with Crippen LogP contribution in [0.15, 0.2) is 12.6 Å². The lowest BCUT2D eigenvalue weighted by Crippen LogP contribution is -2.41. The number of thioether (sulfide) groups is 1. The first-order chi connectivity index (χ1) is 9.33. The van der Waals surface area contributed by atoms with Crippen molar-refractivity contribution in [2.45, 2.75) is 19.0 Å². The topological polar surface area (TPSA) is 86.6 Å². The summed E-state index contributed by atoms with van der Waals surface area (Å²) in [5, 5.41) is 20.6. The number of carboxylic acids is 1. The normalized spacial score (nSPS) is 22.5. The zero-order chi connectivity index (χ0) is 17.0. The minimum atomic E-state index is -3.20. The second-order valence-electron chi connectivity index (χ2n) is 2.48. The number of aliphatic hydroxyl groups is 1. The minimum absolute atomic E-state index is 0.189. The van der Waals surface area contributed by atoms with Crippen LogP contribution in [0.3, 0.4) is 0 Å². The first-order valence-corrected chi connectivity index (χ1v) is 4.82. The van der Waals surface area contributed by atoms with E-state index in [1.165, 1.54) is 0 Å². The fraction of sp³-hybridized carbons (Fsp3) is 0.556. The molecule has 0 aliphatic heterocycles. The van der Waals surface area contributed by atoms with E-state index in [1.54, 1.807) is 0 Å². The van der Waals surface area contributed by atoms with Gasteiger partial charge in [-0.15, -0.1) is 6.53 Å². The van der Waals surface area contributed by atoms with Crippen LogP contribution in [0.1, 0.15) is 15.1 Å². The van der Waals surface area contributed by atoms with Crippen molar-refractivity contribution in [2.24, 2.45) is 0 Å². The maximum Gasteiger partial charge on any atom is 0.327 e. The number of amides is 1.